The van der Waals surface area contributed by atoms with E-state index in [9.17, 15) is 14.9 Å². The summed E-state index contributed by atoms with van der Waals surface area (Å²) >= 11 is 0. The molecule has 1 heterocycles. The average molecular weight is 276 g/mol. The molecule has 0 saturated carbocycles. The molecule has 0 aliphatic carbocycles. The maximum Gasteiger partial charge on any atom is 0.321 e. The van der Waals surface area contributed by atoms with Crippen molar-refractivity contribution in [2.75, 3.05) is 12.4 Å². The van der Waals surface area contributed by atoms with Crippen molar-refractivity contribution in [3.05, 3.63) is 46.5 Å². The third-order valence-electron chi connectivity index (χ3n) is 2.53. The zero-order valence-electron chi connectivity index (χ0n) is 10.6. The van der Waals surface area contributed by atoms with Crippen molar-refractivity contribution in [1.29, 1.82) is 0 Å². The van der Waals surface area contributed by atoms with Crippen molar-refractivity contribution in [2.45, 2.75) is 6.54 Å². The molecule has 2 N–H and O–H groups in total. The van der Waals surface area contributed by atoms with Gasteiger partial charge in [0.2, 0.25) is 0 Å². The Balaban J connectivity index is 1.95. The van der Waals surface area contributed by atoms with Gasteiger partial charge in [0.05, 0.1) is 11.5 Å². The van der Waals surface area contributed by atoms with Crippen molar-refractivity contribution in [2.24, 2.45) is 0 Å². The van der Waals surface area contributed by atoms with Gasteiger partial charge in [-0.15, -0.1) is 0 Å². The summed E-state index contributed by atoms with van der Waals surface area (Å²) in [6.07, 6.45) is 1.36. The Morgan fingerprint density at radius 1 is 1.45 bits per heavy atom. The molecule has 0 unspecified atom stereocenters. The van der Waals surface area contributed by atoms with E-state index in [4.69, 9.17) is 0 Å². The Morgan fingerprint density at radius 3 is 2.70 bits per heavy atom. The van der Waals surface area contributed by atoms with Crippen LogP contribution >= 0.6 is 0 Å². The number of hydrogen-bond acceptors (Lipinski definition) is 5. The number of nitro benzene ring substituents is 1. The summed E-state index contributed by atoms with van der Waals surface area (Å²) in [5.74, 6) is 0.561. The van der Waals surface area contributed by atoms with Gasteiger partial charge in [0.25, 0.3) is 5.69 Å². The minimum atomic E-state index is -0.498. The second kappa shape index (κ2) is 5.78. The molecular formula is C11H12N6O3. The second-order valence-corrected chi connectivity index (χ2v) is 4.02. The smallest absolute Gasteiger partial charge is 0.320 e. The normalized spacial score (nSPS) is 10.1. The SMILES string of the molecule is CN(Cc1ncn[nH]1)C(=O)Nc1ccc([N+](=O)[O-])cc1. The third-order valence-corrected chi connectivity index (χ3v) is 2.53. The van der Waals surface area contributed by atoms with Crippen LogP contribution in [0.2, 0.25) is 0 Å². The number of urea groups is 1. The lowest BCUT2D eigenvalue weighted by Gasteiger charge is -2.16. The number of carbonyl (C=O) groups excluding carboxylic acids is 1. The number of nitrogens with one attached hydrogen (secondary N) is 2. The molecule has 0 spiro atoms. The van der Waals surface area contributed by atoms with Crippen LogP contribution < -0.4 is 5.32 Å². The van der Waals surface area contributed by atoms with Crippen LogP contribution in [-0.2, 0) is 6.54 Å². The first-order chi connectivity index (χ1) is 9.56. The number of H-pyrrole nitrogens is 1. The summed E-state index contributed by atoms with van der Waals surface area (Å²) in [7, 11) is 1.60. The number of nitrogens with zero attached hydrogens (tertiary/aromatic N) is 4. The van der Waals surface area contributed by atoms with E-state index in [1.165, 1.54) is 35.5 Å². The minimum absolute atomic E-state index is 0.0296. The van der Waals surface area contributed by atoms with Gasteiger partial charge in [0.1, 0.15) is 12.2 Å². The molecule has 0 atom stereocenters. The van der Waals surface area contributed by atoms with Crippen molar-refractivity contribution in [1.82, 2.24) is 20.1 Å². The number of anilines is 1. The fourth-order valence-corrected chi connectivity index (χ4v) is 1.49. The highest BCUT2D eigenvalue weighted by Gasteiger charge is 2.11. The first kappa shape index (κ1) is 13.5. The van der Waals surface area contributed by atoms with E-state index in [0.717, 1.165) is 0 Å². The topological polar surface area (TPSA) is 117 Å². The number of aromatic amines is 1. The minimum Gasteiger partial charge on any atom is -0.320 e. The lowest BCUT2D eigenvalue weighted by atomic mass is 10.3. The summed E-state index contributed by atoms with van der Waals surface area (Å²) in [5.41, 5.74) is 0.447. The molecule has 9 nitrogen and oxygen atoms in total. The van der Waals surface area contributed by atoms with E-state index in [1.807, 2.05) is 0 Å². The predicted molar refractivity (Wildman–Crippen MR) is 70.0 cm³/mol. The molecule has 0 saturated heterocycles. The predicted octanol–water partition coefficient (Wildman–Crippen LogP) is 1.38. The largest absolute Gasteiger partial charge is 0.321 e. The number of benzene rings is 1. The van der Waals surface area contributed by atoms with Gasteiger partial charge in [-0.3, -0.25) is 15.2 Å². The van der Waals surface area contributed by atoms with Gasteiger partial charge in [-0.1, -0.05) is 0 Å². The number of nitro groups is 1. The van der Waals surface area contributed by atoms with Crippen molar-refractivity contribution >= 4 is 17.4 Å². The van der Waals surface area contributed by atoms with Crippen LogP contribution in [0.1, 0.15) is 5.82 Å². The maximum atomic E-state index is 11.9. The van der Waals surface area contributed by atoms with Gasteiger partial charge >= 0.3 is 6.03 Å². The molecule has 2 amide bonds. The van der Waals surface area contributed by atoms with E-state index in [0.29, 0.717) is 11.5 Å². The van der Waals surface area contributed by atoms with Crippen molar-refractivity contribution in [3.8, 4) is 0 Å². The molecule has 0 aliphatic heterocycles. The maximum absolute atomic E-state index is 11.9. The summed E-state index contributed by atoms with van der Waals surface area (Å²) in [4.78, 5) is 27.2. The Hall–Kier alpha value is -2.97. The van der Waals surface area contributed by atoms with E-state index in [-0.39, 0.29) is 18.3 Å². The molecule has 0 radical (unpaired) electrons. The molecule has 2 rings (SSSR count). The van der Waals surface area contributed by atoms with Crippen LogP contribution in [0, 0.1) is 10.1 Å². The molecule has 2 aromatic rings. The number of hydrogen-bond donors (Lipinski definition) is 2. The highest BCUT2D eigenvalue weighted by Crippen LogP contribution is 2.15. The number of aromatic nitrogens is 3. The highest BCUT2D eigenvalue weighted by atomic mass is 16.6. The van der Waals surface area contributed by atoms with Crippen molar-refractivity contribution < 1.29 is 9.72 Å². The van der Waals surface area contributed by atoms with Crippen LogP contribution in [0.15, 0.2) is 30.6 Å². The van der Waals surface area contributed by atoms with Crippen molar-refractivity contribution in [3.63, 3.8) is 0 Å². The lowest BCUT2D eigenvalue weighted by Crippen LogP contribution is -2.31. The second-order valence-electron chi connectivity index (χ2n) is 4.02. The molecule has 0 fully saturated rings. The molecule has 9 heteroatoms. The van der Waals surface area contributed by atoms with E-state index >= 15 is 0 Å². The molecule has 0 bridgehead atoms. The monoisotopic (exact) mass is 276 g/mol. The van der Waals surface area contributed by atoms with Gasteiger partial charge < -0.3 is 10.2 Å². The fraction of sp³-hybridized carbons (Fsp3) is 0.182. The van der Waals surface area contributed by atoms with Crippen LogP contribution in [0.4, 0.5) is 16.2 Å². The Labute approximate surface area is 113 Å². The van der Waals surface area contributed by atoms with Crippen LogP contribution in [-0.4, -0.2) is 38.1 Å². The Morgan fingerprint density at radius 2 is 2.15 bits per heavy atom. The summed E-state index contributed by atoms with van der Waals surface area (Å²) in [5, 5.41) is 19.5. The summed E-state index contributed by atoms with van der Waals surface area (Å²) < 4.78 is 0. The zero-order chi connectivity index (χ0) is 14.5. The first-order valence-corrected chi connectivity index (χ1v) is 5.67. The molecule has 1 aromatic carbocycles. The number of non-ortho nitro benzene ring substituents is 1. The van der Waals surface area contributed by atoms with Gasteiger partial charge in [0, 0.05) is 24.9 Å². The van der Waals surface area contributed by atoms with Gasteiger partial charge in [0.15, 0.2) is 0 Å². The molecule has 0 aliphatic rings. The summed E-state index contributed by atoms with van der Waals surface area (Å²) in [6, 6.07) is 5.24. The Bertz CT molecular complexity index is 595. The van der Waals surface area contributed by atoms with Gasteiger partial charge in [-0.2, -0.15) is 5.10 Å². The quantitative estimate of drug-likeness (QED) is 0.646. The van der Waals surface area contributed by atoms with Crippen LogP contribution in [0.5, 0.6) is 0 Å². The third kappa shape index (κ3) is 3.28. The highest BCUT2D eigenvalue weighted by molar-refractivity contribution is 5.89. The van der Waals surface area contributed by atoms with Crippen LogP contribution in [0.25, 0.3) is 0 Å². The first-order valence-electron chi connectivity index (χ1n) is 5.67. The molecular weight excluding hydrogens is 264 g/mol. The summed E-state index contributed by atoms with van der Waals surface area (Å²) in [6.45, 7) is 0.277. The fourth-order valence-electron chi connectivity index (χ4n) is 1.49. The van der Waals surface area contributed by atoms with Gasteiger partial charge in [-0.05, 0) is 12.1 Å². The number of amides is 2. The number of rotatable bonds is 4. The molecule has 20 heavy (non-hydrogen) atoms. The molecule has 104 valence electrons. The van der Waals surface area contributed by atoms with E-state index in [1.54, 1.807) is 7.05 Å². The van der Waals surface area contributed by atoms with Crippen LogP contribution in [0.3, 0.4) is 0 Å². The Kier molecular flexibility index (Phi) is 3.89. The lowest BCUT2D eigenvalue weighted by molar-refractivity contribution is -0.384. The average Bonchev–Trinajstić information content (AvgIpc) is 2.92. The van der Waals surface area contributed by atoms with Gasteiger partial charge in [-0.25, -0.2) is 9.78 Å². The van der Waals surface area contributed by atoms with E-state index < -0.39 is 4.92 Å². The zero-order valence-corrected chi connectivity index (χ0v) is 10.6. The standard InChI is InChI=1S/C11H12N6O3/c1-16(6-10-12-7-13-15-10)11(18)14-8-2-4-9(5-3-8)17(19)20/h2-5,7H,6H2,1H3,(H,14,18)(H,12,13,15). The number of carbonyl (C=O) groups is 1. The molecule has 1 aromatic heterocycles. The van der Waals surface area contributed by atoms with E-state index in [2.05, 4.69) is 20.5 Å².